The molecule has 1 N–H and O–H groups in total. The van der Waals surface area contributed by atoms with Crippen LogP contribution < -0.4 is 14.2 Å². The van der Waals surface area contributed by atoms with E-state index in [1.165, 1.54) is 10.9 Å². The van der Waals surface area contributed by atoms with Gasteiger partial charge >= 0.3 is 0 Å². The molecule has 3 aromatic carbocycles. The number of aromatic amines is 1. The lowest BCUT2D eigenvalue weighted by atomic mass is 9.92. The van der Waals surface area contributed by atoms with E-state index in [2.05, 4.69) is 55.8 Å². The predicted octanol–water partition coefficient (Wildman–Crippen LogP) is 6.58. The van der Waals surface area contributed by atoms with Gasteiger partial charge in [-0.3, -0.25) is 9.69 Å². The Hall–Kier alpha value is -4.23. The van der Waals surface area contributed by atoms with Gasteiger partial charge in [0, 0.05) is 47.8 Å². The second-order valence-electron chi connectivity index (χ2n) is 11.5. The highest BCUT2D eigenvalue weighted by molar-refractivity contribution is 5.93. The number of rotatable bonds is 9. The lowest BCUT2D eigenvalue weighted by molar-refractivity contribution is -0.128. The highest BCUT2D eigenvalue weighted by atomic mass is 16.7. The zero-order valence-electron chi connectivity index (χ0n) is 24.8. The van der Waals surface area contributed by atoms with Crippen LogP contribution in [0.2, 0.25) is 0 Å². The lowest BCUT2D eigenvalue weighted by Crippen LogP contribution is -2.39. The van der Waals surface area contributed by atoms with Crippen LogP contribution in [0.15, 0.2) is 72.8 Å². The van der Waals surface area contributed by atoms with Crippen LogP contribution in [0.3, 0.4) is 0 Å². The van der Waals surface area contributed by atoms with Gasteiger partial charge in [0.25, 0.3) is 0 Å². The number of nitrogens with zero attached hydrogens (tertiary/aromatic N) is 2. The molecule has 4 aromatic rings. The molecule has 0 saturated heterocycles. The van der Waals surface area contributed by atoms with E-state index in [0.29, 0.717) is 31.0 Å². The molecule has 3 heterocycles. The van der Waals surface area contributed by atoms with Crippen molar-refractivity contribution in [2.75, 3.05) is 26.5 Å². The number of hydrogen-bond donors (Lipinski definition) is 1. The van der Waals surface area contributed by atoms with Gasteiger partial charge in [0.15, 0.2) is 11.5 Å². The maximum atomic E-state index is 13.7. The van der Waals surface area contributed by atoms with Gasteiger partial charge in [-0.2, -0.15) is 0 Å². The summed E-state index contributed by atoms with van der Waals surface area (Å²) in [6.45, 7) is 11.2. The van der Waals surface area contributed by atoms with Gasteiger partial charge in [-0.15, -0.1) is 0 Å². The van der Waals surface area contributed by atoms with E-state index in [1.54, 1.807) is 6.08 Å². The smallest absolute Gasteiger partial charge is 0.247 e. The van der Waals surface area contributed by atoms with E-state index in [9.17, 15) is 4.79 Å². The fourth-order valence-corrected chi connectivity index (χ4v) is 6.23. The zero-order chi connectivity index (χ0) is 29.2. The molecule has 218 valence electrons. The lowest BCUT2D eigenvalue weighted by Gasteiger charge is -2.35. The predicted molar refractivity (Wildman–Crippen MR) is 166 cm³/mol. The van der Waals surface area contributed by atoms with Crippen molar-refractivity contribution in [1.82, 2.24) is 14.8 Å². The first-order chi connectivity index (χ1) is 20.4. The molecule has 2 aliphatic heterocycles. The Morgan fingerprint density at radius 2 is 1.79 bits per heavy atom. The molecule has 0 radical (unpaired) electrons. The standard InChI is InChI=1S/C35H39N3O4/c1-23(2)37(24(3)4)19-20-40-27-13-9-25(10-14-27)11-16-33(39)38-18-17-29-28-7-5-6-8-30(28)36-34(29)35(38)26-12-15-31-32(21-26)42-22-41-31/h5-16,21,23-24,35-36H,17-20,22H2,1-4H3. The minimum Gasteiger partial charge on any atom is -0.492 e. The molecule has 2 aliphatic rings. The van der Waals surface area contributed by atoms with E-state index in [0.717, 1.165) is 46.8 Å². The van der Waals surface area contributed by atoms with Gasteiger partial charge in [0.1, 0.15) is 12.4 Å². The van der Waals surface area contributed by atoms with E-state index >= 15 is 0 Å². The molecule has 7 heteroatoms. The van der Waals surface area contributed by atoms with Crippen molar-refractivity contribution < 1.29 is 19.0 Å². The Labute approximate surface area is 247 Å². The molecular weight excluding hydrogens is 526 g/mol. The van der Waals surface area contributed by atoms with Gasteiger partial charge in [0.05, 0.1) is 6.04 Å². The Morgan fingerprint density at radius 1 is 1.02 bits per heavy atom. The first-order valence-corrected chi connectivity index (χ1v) is 14.9. The van der Waals surface area contributed by atoms with Crippen molar-refractivity contribution >= 4 is 22.9 Å². The van der Waals surface area contributed by atoms with Crippen LogP contribution in [0, 0.1) is 0 Å². The van der Waals surface area contributed by atoms with Gasteiger partial charge in [-0.1, -0.05) is 36.4 Å². The molecule has 0 aliphatic carbocycles. The van der Waals surface area contributed by atoms with Crippen LogP contribution in [0.1, 0.15) is 56.1 Å². The Kier molecular flexibility index (Phi) is 7.94. The number of amides is 1. The van der Waals surface area contributed by atoms with Crippen molar-refractivity contribution in [1.29, 1.82) is 0 Å². The van der Waals surface area contributed by atoms with Gasteiger partial charge in [0.2, 0.25) is 12.7 Å². The second kappa shape index (κ2) is 11.9. The maximum absolute atomic E-state index is 13.7. The molecule has 0 fully saturated rings. The fourth-order valence-electron chi connectivity index (χ4n) is 6.23. The molecule has 1 amide bonds. The molecule has 0 spiro atoms. The third-order valence-corrected chi connectivity index (χ3v) is 8.27. The third kappa shape index (κ3) is 5.61. The average Bonchev–Trinajstić information content (AvgIpc) is 3.62. The van der Waals surface area contributed by atoms with Crippen LogP contribution in [0.25, 0.3) is 17.0 Å². The molecule has 0 saturated carbocycles. The number of carbonyl (C=O) groups excluding carboxylic acids is 1. The first-order valence-electron chi connectivity index (χ1n) is 14.9. The molecule has 1 unspecified atom stereocenters. The minimum atomic E-state index is -0.264. The second-order valence-corrected chi connectivity index (χ2v) is 11.5. The molecule has 6 rings (SSSR count). The summed E-state index contributed by atoms with van der Waals surface area (Å²) in [5.74, 6) is 2.23. The van der Waals surface area contributed by atoms with Crippen molar-refractivity contribution in [3.05, 3.63) is 95.2 Å². The third-order valence-electron chi connectivity index (χ3n) is 8.27. The molecular formula is C35H39N3O4. The number of carbonyl (C=O) groups is 1. The van der Waals surface area contributed by atoms with Crippen molar-refractivity contribution in [3.63, 3.8) is 0 Å². The highest BCUT2D eigenvalue weighted by Gasteiger charge is 2.34. The van der Waals surface area contributed by atoms with Gasteiger partial charge in [-0.05, 0) is 87.2 Å². The number of para-hydroxylation sites is 1. The SMILES string of the molecule is CC(C)N(CCOc1ccc(C=CC(=O)N2CCc3c([nH]c4ccccc34)C2c2ccc3c(c2)OCO3)cc1)C(C)C. The van der Waals surface area contributed by atoms with Crippen molar-refractivity contribution in [2.45, 2.75) is 52.2 Å². The number of benzene rings is 3. The fraction of sp³-hybridized carbons (Fsp3) is 0.343. The Morgan fingerprint density at radius 3 is 2.57 bits per heavy atom. The van der Waals surface area contributed by atoms with E-state index < -0.39 is 0 Å². The van der Waals surface area contributed by atoms with Crippen molar-refractivity contribution in [2.24, 2.45) is 0 Å². The summed E-state index contributed by atoms with van der Waals surface area (Å²) >= 11 is 0. The van der Waals surface area contributed by atoms with Gasteiger partial charge < -0.3 is 24.1 Å². The summed E-state index contributed by atoms with van der Waals surface area (Å²) in [5, 5.41) is 1.21. The summed E-state index contributed by atoms with van der Waals surface area (Å²) in [7, 11) is 0. The van der Waals surface area contributed by atoms with Crippen molar-refractivity contribution in [3.8, 4) is 17.2 Å². The summed E-state index contributed by atoms with van der Waals surface area (Å²) in [4.78, 5) is 21.7. The summed E-state index contributed by atoms with van der Waals surface area (Å²) < 4.78 is 17.2. The Balaban J connectivity index is 1.19. The number of H-pyrrole nitrogens is 1. The van der Waals surface area contributed by atoms with E-state index in [4.69, 9.17) is 14.2 Å². The zero-order valence-corrected chi connectivity index (χ0v) is 24.8. The van der Waals surface area contributed by atoms with E-state index in [-0.39, 0.29) is 18.7 Å². The highest BCUT2D eigenvalue weighted by Crippen LogP contribution is 2.42. The minimum absolute atomic E-state index is 0.0373. The number of hydrogen-bond acceptors (Lipinski definition) is 5. The monoisotopic (exact) mass is 565 g/mol. The molecule has 7 nitrogen and oxygen atoms in total. The molecule has 42 heavy (non-hydrogen) atoms. The largest absolute Gasteiger partial charge is 0.492 e. The number of aromatic nitrogens is 1. The molecule has 1 aromatic heterocycles. The first kappa shape index (κ1) is 27.9. The summed E-state index contributed by atoms with van der Waals surface area (Å²) in [6.07, 6.45) is 4.34. The Bertz CT molecular complexity index is 1580. The number of nitrogens with one attached hydrogen (secondary N) is 1. The number of fused-ring (bicyclic) bond motifs is 4. The van der Waals surface area contributed by atoms with Gasteiger partial charge in [-0.25, -0.2) is 0 Å². The maximum Gasteiger partial charge on any atom is 0.247 e. The van der Waals surface area contributed by atoms with Crippen LogP contribution in [0.5, 0.6) is 17.2 Å². The average molecular weight is 566 g/mol. The number of ether oxygens (including phenoxy) is 3. The van der Waals surface area contributed by atoms with Crippen LogP contribution in [-0.2, 0) is 11.2 Å². The quantitative estimate of drug-likeness (QED) is 0.232. The normalized spacial score (nSPS) is 16.3. The van der Waals surface area contributed by atoms with Crippen LogP contribution in [0.4, 0.5) is 0 Å². The van der Waals surface area contributed by atoms with Crippen LogP contribution >= 0.6 is 0 Å². The molecule has 0 bridgehead atoms. The summed E-state index contributed by atoms with van der Waals surface area (Å²) in [6, 6.07) is 22.9. The van der Waals surface area contributed by atoms with E-state index in [1.807, 2.05) is 59.5 Å². The summed E-state index contributed by atoms with van der Waals surface area (Å²) in [5.41, 5.74) is 5.34. The van der Waals surface area contributed by atoms with Crippen LogP contribution in [-0.4, -0.2) is 59.3 Å². The topological polar surface area (TPSA) is 67.0 Å². The molecule has 1 atom stereocenters.